The molecule has 9 nitrogen and oxygen atoms in total. The minimum absolute atomic E-state index is 0.0390. The minimum atomic E-state index is -1.44. The summed E-state index contributed by atoms with van der Waals surface area (Å²) in [4.78, 5) is 31.5. The van der Waals surface area contributed by atoms with E-state index in [1.54, 1.807) is 30.3 Å². The number of nitro groups is 2. The summed E-state index contributed by atoms with van der Waals surface area (Å²) in [5.41, 5.74) is -0.469. The molecule has 0 bridgehead atoms. The fourth-order valence-corrected chi connectivity index (χ4v) is 2.14. The molecular formula is C15H12N3O6-. The Morgan fingerprint density at radius 2 is 1.71 bits per heavy atom. The summed E-state index contributed by atoms with van der Waals surface area (Å²) in [6.45, 7) is 0. The van der Waals surface area contributed by atoms with E-state index in [2.05, 4.69) is 5.32 Å². The molecule has 9 heteroatoms. The van der Waals surface area contributed by atoms with Gasteiger partial charge in [-0.1, -0.05) is 30.3 Å². The number of benzene rings is 2. The molecule has 1 N–H and O–H groups in total. The molecule has 0 aliphatic heterocycles. The summed E-state index contributed by atoms with van der Waals surface area (Å²) in [5, 5.41) is 35.6. The largest absolute Gasteiger partial charge is 0.548 e. The van der Waals surface area contributed by atoms with Crippen LogP contribution in [-0.2, 0) is 11.2 Å². The number of nitro benzene ring substituents is 2. The van der Waals surface area contributed by atoms with Crippen molar-refractivity contribution in [2.45, 2.75) is 12.5 Å². The van der Waals surface area contributed by atoms with Gasteiger partial charge >= 0.3 is 0 Å². The van der Waals surface area contributed by atoms with Gasteiger partial charge in [-0.25, -0.2) is 0 Å². The Labute approximate surface area is 135 Å². The van der Waals surface area contributed by atoms with Crippen LogP contribution in [0.3, 0.4) is 0 Å². The maximum absolute atomic E-state index is 11.3. The number of aliphatic carboxylic acids is 1. The van der Waals surface area contributed by atoms with E-state index in [9.17, 15) is 30.1 Å². The maximum atomic E-state index is 11.3. The van der Waals surface area contributed by atoms with E-state index in [-0.39, 0.29) is 12.1 Å². The van der Waals surface area contributed by atoms with Crippen molar-refractivity contribution in [3.8, 4) is 0 Å². The third-order valence-electron chi connectivity index (χ3n) is 3.29. The quantitative estimate of drug-likeness (QED) is 0.595. The number of carbonyl (C=O) groups excluding carboxylic acids is 1. The molecule has 2 rings (SSSR count). The van der Waals surface area contributed by atoms with Crippen LogP contribution in [0.1, 0.15) is 5.56 Å². The van der Waals surface area contributed by atoms with Crippen molar-refractivity contribution in [2.24, 2.45) is 0 Å². The van der Waals surface area contributed by atoms with Gasteiger partial charge in [0.05, 0.1) is 27.9 Å². The number of hydrogen-bond donors (Lipinski definition) is 1. The van der Waals surface area contributed by atoms with Gasteiger partial charge in [-0.05, 0) is 18.1 Å². The Bertz CT molecular complexity index is 778. The summed E-state index contributed by atoms with van der Waals surface area (Å²) < 4.78 is 0. The van der Waals surface area contributed by atoms with Gasteiger partial charge in [0, 0.05) is 6.07 Å². The van der Waals surface area contributed by atoms with Gasteiger partial charge in [-0.15, -0.1) is 0 Å². The number of carboxylic acid groups (broad SMARTS) is 1. The number of rotatable bonds is 7. The van der Waals surface area contributed by atoms with Crippen LogP contribution in [0.15, 0.2) is 48.5 Å². The second-order valence-electron chi connectivity index (χ2n) is 4.92. The fraction of sp³-hybridized carbons (Fsp3) is 0.133. The molecule has 0 saturated carbocycles. The van der Waals surface area contributed by atoms with Gasteiger partial charge in [-0.2, -0.15) is 0 Å². The molecule has 24 heavy (non-hydrogen) atoms. The van der Waals surface area contributed by atoms with Crippen LogP contribution >= 0.6 is 0 Å². The van der Waals surface area contributed by atoms with Crippen LogP contribution in [0.5, 0.6) is 0 Å². The first-order chi connectivity index (χ1) is 11.4. The highest BCUT2D eigenvalue weighted by molar-refractivity contribution is 5.78. The molecule has 2 aromatic rings. The van der Waals surface area contributed by atoms with Gasteiger partial charge in [0.25, 0.3) is 11.4 Å². The second-order valence-corrected chi connectivity index (χ2v) is 4.92. The zero-order valence-electron chi connectivity index (χ0n) is 12.2. The zero-order valence-corrected chi connectivity index (χ0v) is 12.2. The number of hydrogen-bond acceptors (Lipinski definition) is 7. The van der Waals surface area contributed by atoms with Crippen LogP contribution < -0.4 is 10.4 Å². The minimum Gasteiger partial charge on any atom is -0.548 e. The number of anilines is 1. The van der Waals surface area contributed by atoms with Crippen molar-refractivity contribution in [1.82, 2.24) is 0 Å². The number of non-ortho nitro benzene ring substituents is 1. The molecule has 0 heterocycles. The van der Waals surface area contributed by atoms with Crippen LogP contribution in [0, 0.1) is 20.2 Å². The van der Waals surface area contributed by atoms with Gasteiger partial charge in [0.2, 0.25) is 0 Å². The fourth-order valence-electron chi connectivity index (χ4n) is 2.14. The average Bonchev–Trinajstić information content (AvgIpc) is 2.55. The molecule has 0 aromatic heterocycles. The number of carbonyl (C=O) groups is 1. The van der Waals surface area contributed by atoms with E-state index >= 15 is 0 Å². The molecule has 0 fully saturated rings. The van der Waals surface area contributed by atoms with Crippen molar-refractivity contribution in [1.29, 1.82) is 0 Å². The van der Waals surface area contributed by atoms with Crippen molar-refractivity contribution >= 4 is 23.0 Å². The zero-order chi connectivity index (χ0) is 17.7. The van der Waals surface area contributed by atoms with Crippen LogP contribution in [0.25, 0.3) is 0 Å². The summed E-state index contributed by atoms with van der Waals surface area (Å²) in [7, 11) is 0. The molecule has 0 aliphatic rings. The monoisotopic (exact) mass is 330 g/mol. The SMILES string of the molecule is O=C([O-])C(Cc1ccccc1)Nc1ccc([N+](=O)[O-])cc1[N+](=O)[O-]. The number of carboxylic acids is 1. The lowest BCUT2D eigenvalue weighted by atomic mass is 10.1. The van der Waals surface area contributed by atoms with Crippen molar-refractivity contribution in [3.05, 3.63) is 74.3 Å². The molecule has 1 atom stereocenters. The summed E-state index contributed by atoms with van der Waals surface area (Å²) >= 11 is 0. The lowest BCUT2D eigenvalue weighted by Crippen LogP contribution is -2.42. The summed E-state index contributed by atoms with van der Waals surface area (Å²) in [5.74, 6) is -1.44. The molecule has 0 aliphatic carbocycles. The predicted octanol–water partition coefficient (Wildman–Crippen LogP) is 1.28. The first-order valence-electron chi connectivity index (χ1n) is 6.82. The average molecular weight is 330 g/mol. The van der Waals surface area contributed by atoms with E-state index in [0.717, 1.165) is 18.2 Å². The molecule has 0 spiro atoms. The standard InChI is InChI=1S/C15H13N3O6/c19-15(20)13(8-10-4-2-1-3-5-10)16-12-7-6-11(17(21)22)9-14(12)18(23)24/h1-7,9,13,16H,8H2,(H,19,20)/p-1. The first-order valence-corrected chi connectivity index (χ1v) is 6.82. The molecular weight excluding hydrogens is 318 g/mol. The summed E-state index contributed by atoms with van der Waals surface area (Å²) in [6.07, 6.45) is 0.0390. The Morgan fingerprint density at radius 3 is 2.25 bits per heavy atom. The number of nitrogens with zero attached hydrogens (tertiary/aromatic N) is 2. The number of nitrogens with one attached hydrogen (secondary N) is 1. The highest BCUT2D eigenvalue weighted by Crippen LogP contribution is 2.29. The lowest BCUT2D eigenvalue weighted by Gasteiger charge is -2.20. The van der Waals surface area contributed by atoms with Gasteiger partial charge < -0.3 is 15.2 Å². The van der Waals surface area contributed by atoms with Crippen LogP contribution in [-0.4, -0.2) is 21.9 Å². The molecule has 0 amide bonds. The topological polar surface area (TPSA) is 138 Å². The first kappa shape index (κ1) is 16.9. The van der Waals surface area contributed by atoms with E-state index < -0.39 is 33.2 Å². The van der Waals surface area contributed by atoms with Crippen molar-refractivity contribution < 1.29 is 19.7 Å². The van der Waals surface area contributed by atoms with E-state index in [1.807, 2.05) is 0 Å². The Morgan fingerprint density at radius 1 is 1.04 bits per heavy atom. The Hall–Kier alpha value is -3.49. The molecule has 1 unspecified atom stereocenters. The second kappa shape index (κ2) is 7.18. The normalized spacial score (nSPS) is 11.5. The highest BCUT2D eigenvalue weighted by Gasteiger charge is 2.22. The Kier molecular flexibility index (Phi) is 5.05. The molecule has 124 valence electrons. The van der Waals surface area contributed by atoms with E-state index in [1.165, 1.54) is 0 Å². The molecule has 0 radical (unpaired) electrons. The molecule has 0 saturated heterocycles. The molecule has 2 aromatic carbocycles. The smallest absolute Gasteiger partial charge is 0.299 e. The Balaban J connectivity index is 2.30. The van der Waals surface area contributed by atoms with Crippen LogP contribution in [0.4, 0.5) is 17.1 Å². The van der Waals surface area contributed by atoms with Crippen LogP contribution in [0.2, 0.25) is 0 Å². The van der Waals surface area contributed by atoms with Gasteiger partial charge in [-0.3, -0.25) is 20.2 Å². The maximum Gasteiger partial charge on any atom is 0.299 e. The van der Waals surface area contributed by atoms with Gasteiger partial charge in [0.15, 0.2) is 0 Å². The summed E-state index contributed by atoms with van der Waals surface area (Å²) in [6, 6.07) is 10.4. The van der Waals surface area contributed by atoms with Crippen molar-refractivity contribution in [3.63, 3.8) is 0 Å². The predicted molar refractivity (Wildman–Crippen MR) is 82.3 cm³/mol. The third-order valence-corrected chi connectivity index (χ3v) is 3.29. The van der Waals surface area contributed by atoms with E-state index in [4.69, 9.17) is 0 Å². The van der Waals surface area contributed by atoms with Crippen molar-refractivity contribution in [2.75, 3.05) is 5.32 Å². The van der Waals surface area contributed by atoms with Gasteiger partial charge in [0.1, 0.15) is 5.69 Å². The third kappa shape index (κ3) is 4.03. The lowest BCUT2D eigenvalue weighted by molar-refractivity contribution is -0.393. The highest BCUT2D eigenvalue weighted by atomic mass is 16.6. The van der Waals surface area contributed by atoms with E-state index in [0.29, 0.717) is 5.56 Å².